The molecule has 6 heteroatoms. The monoisotopic (exact) mass is 411 g/mol. The van der Waals surface area contributed by atoms with E-state index in [0.29, 0.717) is 5.75 Å². The van der Waals surface area contributed by atoms with Gasteiger partial charge in [-0.3, -0.25) is 14.7 Å². The number of hydrogen-bond acceptors (Lipinski definition) is 4. The van der Waals surface area contributed by atoms with Gasteiger partial charge in [0.1, 0.15) is 0 Å². The molecule has 1 fully saturated rings. The Morgan fingerprint density at radius 1 is 1.04 bits per heavy atom. The van der Waals surface area contributed by atoms with Crippen LogP contribution < -0.4 is 0 Å². The van der Waals surface area contributed by atoms with Gasteiger partial charge in [-0.05, 0) is 29.8 Å². The molecule has 3 aromatic rings. The molecule has 2 aromatic carbocycles. The number of carbonyl (C=O) groups excluding carboxylic acids is 1. The zero-order chi connectivity index (χ0) is 19.3. The minimum absolute atomic E-state index is 0.202. The molecule has 4 nitrogen and oxygen atoms in total. The van der Waals surface area contributed by atoms with Crippen LogP contribution in [0.5, 0.6) is 0 Å². The van der Waals surface area contributed by atoms with Crippen LogP contribution in [-0.2, 0) is 11.3 Å². The number of para-hydroxylation sites is 1. The average Bonchev–Trinajstić information content (AvgIpc) is 2.72. The van der Waals surface area contributed by atoms with Crippen molar-refractivity contribution in [2.45, 2.75) is 11.4 Å². The predicted octanol–water partition coefficient (Wildman–Crippen LogP) is 4.32. The molecule has 0 aliphatic carbocycles. The fourth-order valence-corrected chi connectivity index (χ4v) is 4.63. The third-order valence-electron chi connectivity index (χ3n) is 4.98. The van der Waals surface area contributed by atoms with E-state index in [1.165, 1.54) is 5.56 Å². The number of pyridine rings is 1. The Morgan fingerprint density at radius 3 is 2.68 bits per heavy atom. The lowest BCUT2D eigenvalue weighted by Crippen LogP contribution is -2.48. The van der Waals surface area contributed by atoms with Crippen LogP contribution in [0.25, 0.3) is 10.9 Å². The second kappa shape index (κ2) is 8.95. The number of hydrogen-bond donors (Lipinski definition) is 0. The highest BCUT2D eigenvalue weighted by Crippen LogP contribution is 2.26. The highest BCUT2D eigenvalue weighted by atomic mass is 35.5. The Kier molecular flexibility index (Phi) is 6.15. The van der Waals surface area contributed by atoms with Gasteiger partial charge in [0.05, 0.1) is 11.3 Å². The molecule has 0 spiro atoms. The van der Waals surface area contributed by atoms with Crippen LogP contribution in [0.3, 0.4) is 0 Å². The summed E-state index contributed by atoms with van der Waals surface area (Å²) in [5.74, 6) is 0.663. The maximum absolute atomic E-state index is 12.7. The molecule has 144 valence electrons. The smallest absolute Gasteiger partial charge is 0.233 e. The maximum atomic E-state index is 12.7. The maximum Gasteiger partial charge on any atom is 0.233 e. The molecule has 0 radical (unpaired) electrons. The number of rotatable bonds is 5. The van der Waals surface area contributed by atoms with Gasteiger partial charge < -0.3 is 4.90 Å². The lowest BCUT2D eigenvalue weighted by molar-refractivity contribution is -0.130. The van der Waals surface area contributed by atoms with Crippen LogP contribution in [-0.4, -0.2) is 52.6 Å². The molecule has 28 heavy (non-hydrogen) atoms. The highest BCUT2D eigenvalue weighted by Gasteiger charge is 2.21. The fraction of sp³-hybridized carbons (Fsp3) is 0.273. The molecule has 1 aliphatic rings. The molecule has 2 heterocycles. The first-order chi connectivity index (χ1) is 13.7. The molecule has 0 unspecified atom stereocenters. The van der Waals surface area contributed by atoms with E-state index < -0.39 is 0 Å². The van der Waals surface area contributed by atoms with Gasteiger partial charge in [-0.15, -0.1) is 11.8 Å². The number of halogens is 1. The number of aromatic nitrogens is 1. The lowest BCUT2D eigenvalue weighted by atomic mass is 10.2. The molecular formula is C22H22ClN3OS. The van der Waals surface area contributed by atoms with Crippen molar-refractivity contribution in [2.75, 3.05) is 31.9 Å². The van der Waals surface area contributed by atoms with Gasteiger partial charge in [0, 0.05) is 54.2 Å². The third-order valence-corrected chi connectivity index (χ3v) is 6.27. The van der Waals surface area contributed by atoms with Crippen molar-refractivity contribution in [1.82, 2.24) is 14.8 Å². The Hall–Kier alpha value is -2.08. The van der Waals surface area contributed by atoms with Gasteiger partial charge in [-0.25, -0.2) is 0 Å². The number of piperazine rings is 1. The molecule has 0 N–H and O–H groups in total. The number of amides is 1. The molecule has 1 aliphatic heterocycles. The molecule has 0 saturated carbocycles. The zero-order valence-electron chi connectivity index (χ0n) is 15.6. The Labute approximate surface area is 174 Å². The van der Waals surface area contributed by atoms with E-state index >= 15 is 0 Å². The summed E-state index contributed by atoms with van der Waals surface area (Å²) in [6.07, 6.45) is 1.81. The lowest BCUT2D eigenvalue weighted by Gasteiger charge is -2.34. The van der Waals surface area contributed by atoms with E-state index in [0.717, 1.165) is 53.5 Å². The van der Waals surface area contributed by atoms with Crippen molar-refractivity contribution in [3.05, 3.63) is 71.4 Å². The second-order valence-corrected chi connectivity index (χ2v) is 8.36. The van der Waals surface area contributed by atoms with E-state index in [1.54, 1.807) is 11.8 Å². The quantitative estimate of drug-likeness (QED) is 0.586. The standard InChI is InChI=1S/C22H22ClN3OS/c23-18-5-3-4-17(14-18)15-25-10-12-26(13-11-25)22(27)16-28-21-8-9-24-20-7-2-1-6-19(20)21/h1-9,14H,10-13,15-16H2. The zero-order valence-corrected chi connectivity index (χ0v) is 17.1. The van der Waals surface area contributed by atoms with Crippen molar-refractivity contribution < 1.29 is 4.79 Å². The summed E-state index contributed by atoms with van der Waals surface area (Å²) in [5.41, 5.74) is 2.18. The summed E-state index contributed by atoms with van der Waals surface area (Å²) >= 11 is 7.67. The van der Waals surface area contributed by atoms with Gasteiger partial charge in [0.2, 0.25) is 5.91 Å². The van der Waals surface area contributed by atoms with Crippen molar-refractivity contribution in [3.63, 3.8) is 0 Å². The summed E-state index contributed by atoms with van der Waals surface area (Å²) in [5, 5.41) is 1.88. The molecule has 1 amide bonds. The Bertz CT molecular complexity index is 967. The fourth-order valence-electron chi connectivity index (χ4n) is 3.48. The normalized spacial score (nSPS) is 15.1. The molecule has 1 aromatic heterocycles. The van der Waals surface area contributed by atoms with E-state index in [2.05, 4.69) is 22.0 Å². The molecular weight excluding hydrogens is 390 g/mol. The first-order valence-electron chi connectivity index (χ1n) is 9.40. The SMILES string of the molecule is O=C(CSc1ccnc2ccccc12)N1CCN(Cc2cccc(Cl)c2)CC1. The molecule has 0 atom stereocenters. The number of fused-ring (bicyclic) bond motifs is 1. The topological polar surface area (TPSA) is 36.4 Å². The third kappa shape index (κ3) is 4.66. The van der Waals surface area contributed by atoms with Crippen LogP contribution in [0, 0.1) is 0 Å². The number of benzene rings is 2. The largest absolute Gasteiger partial charge is 0.339 e. The van der Waals surface area contributed by atoms with Gasteiger partial charge in [0.15, 0.2) is 0 Å². The number of carbonyl (C=O) groups is 1. The van der Waals surface area contributed by atoms with Crippen molar-refractivity contribution in [1.29, 1.82) is 0 Å². The Balaban J connectivity index is 1.29. The summed E-state index contributed by atoms with van der Waals surface area (Å²) < 4.78 is 0. The summed E-state index contributed by atoms with van der Waals surface area (Å²) in [4.78, 5) is 22.5. The van der Waals surface area contributed by atoms with Gasteiger partial charge >= 0.3 is 0 Å². The minimum Gasteiger partial charge on any atom is -0.339 e. The molecule has 1 saturated heterocycles. The van der Waals surface area contributed by atoms with Gasteiger partial charge in [0.25, 0.3) is 0 Å². The summed E-state index contributed by atoms with van der Waals surface area (Å²) in [7, 11) is 0. The average molecular weight is 412 g/mol. The number of thioether (sulfide) groups is 1. The first-order valence-corrected chi connectivity index (χ1v) is 10.8. The van der Waals surface area contributed by atoms with Gasteiger partial charge in [-0.1, -0.05) is 41.9 Å². The van der Waals surface area contributed by atoms with E-state index in [9.17, 15) is 4.79 Å². The Morgan fingerprint density at radius 2 is 1.86 bits per heavy atom. The van der Waals surface area contributed by atoms with E-state index in [4.69, 9.17) is 11.6 Å². The molecule has 0 bridgehead atoms. The van der Waals surface area contributed by atoms with Crippen molar-refractivity contribution >= 4 is 40.2 Å². The minimum atomic E-state index is 0.202. The second-order valence-electron chi connectivity index (χ2n) is 6.90. The van der Waals surface area contributed by atoms with Crippen LogP contribution in [0.4, 0.5) is 0 Å². The summed E-state index contributed by atoms with van der Waals surface area (Å²) in [6, 6.07) is 18.0. The highest BCUT2D eigenvalue weighted by molar-refractivity contribution is 8.00. The predicted molar refractivity (Wildman–Crippen MR) is 116 cm³/mol. The van der Waals surface area contributed by atoms with Gasteiger partial charge in [-0.2, -0.15) is 0 Å². The van der Waals surface area contributed by atoms with Crippen LogP contribution >= 0.6 is 23.4 Å². The molecule has 4 rings (SSSR count). The number of nitrogens with zero attached hydrogens (tertiary/aromatic N) is 3. The van der Waals surface area contributed by atoms with Crippen molar-refractivity contribution in [2.24, 2.45) is 0 Å². The van der Waals surface area contributed by atoms with E-state index in [-0.39, 0.29) is 5.91 Å². The van der Waals surface area contributed by atoms with Crippen LogP contribution in [0.1, 0.15) is 5.56 Å². The van der Waals surface area contributed by atoms with Crippen LogP contribution in [0.2, 0.25) is 5.02 Å². The summed E-state index contributed by atoms with van der Waals surface area (Å²) in [6.45, 7) is 4.21. The van der Waals surface area contributed by atoms with E-state index in [1.807, 2.05) is 53.6 Å². The van der Waals surface area contributed by atoms with Crippen LogP contribution in [0.15, 0.2) is 65.7 Å². The van der Waals surface area contributed by atoms with Crippen molar-refractivity contribution in [3.8, 4) is 0 Å². The first kappa shape index (κ1) is 19.2.